The van der Waals surface area contributed by atoms with Crippen LogP contribution in [0, 0.1) is 5.92 Å². The van der Waals surface area contributed by atoms with Gasteiger partial charge in [-0.25, -0.2) is 9.59 Å². The van der Waals surface area contributed by atoms with Gasteiger partial charge in [0.25, 0.3) is 5.56 Å². The number of hydrogen-bond donors (Lipinski definition) is 3. The van der Waals surface area contributed by atoms with Gasteiger partial charge in [-0.2, -0.15) is 0 Å². The molecule has 3 heterocycles. The molecule has 14 heteroatoms. The molecule has 2 aliphatic rings. The zero-order chi connectivity index (χ0) is 41.3. The molecule has 0 saturated carbocycles. The van der Waals surface area contributed by atoms with Gasteiger partial charge in [-0.05, 0) is 88.8 Å². The lowest BCUT2D eigenvalue weighted by molar-refractivity contribution is -0.168. The maximum atomic E-state index is 14.4. The predicted octanol–water partition coefficient (Wildman–Crippen LogP) is 6.27. The van der Waals surface area contributed by atoms with E-state index in [4.69, 9.17) is 19.0 Å². The molecule has 1 aromatic heterocycles. The van der Waals surface area contributed by atoms with E-state index in [2.05, 4.69) is 22.4 Å². The van der Waals surface area contributed by atoms with E-state index in [1.807, 2.05) is 57.2 Å². The summed E-state index contributed by atoms with van der Waals surface area (Å²) >= 11 is 0. The highest BCUT2D eigenvalue weighted by molar-refractivity contribution is 6.05. The number of carboxylic acids is 1. The van der Waals surface area contributed by atoms with Gasteiger partial charge in [0, 0.05) is 23.1 Å². The number of hydrogen-bond acceptors (Lipinski definition) is 10. The molecule has 3 aromatic rings. The summed E-state index contributed by atoms with van der Waals surface area (Å²) in [5, 5.41) is 20.6. The first-order valence-corrected chi connectivity index (χ1v) is 18.8. The number of aliphatic carboxylic acids is 1. The van der Waals surface area contributed by atoms with Gasteiger partial charge in [-0.15, -0.1) is 0 Å². The lowest BCUT2D eigenvalue weighted by Gasteiger charge is -2.40. The van der Waals surface area contributed by atoms with Gasteiger partial charge in [0.15, 0.2) is 5.60 Å². The van der Waals surface area contributed by atoms with Crippen molar-refractivity contribution in [1.29, 1.82) is 0 Å². The van der Waals surface area contributed by atoms with Gasteiger partial charge < -0.3 is 39.4 Å². The number of pyridine rings is 1. The molecule has 2 amide bonds. The third-order valence-corrected chi connectivity index (χ3v) is 9.62. The van der Waals surface area contributed by atoms with Gasteiger partial charge in [0.1, 0.15) is 35.7 Å². The van der Waals surface area contributed by atoms with E-state index in [9.17, 15) is 29.1 Å². The van der Waals surface area contributed by atoms with Crippen LogP contribution < -0.4 is 16.2 Å². The summed E-state index contributed by atoms with van der Waals surface area (Å²) in [4.78, 5) is 71.9. The molecule has 2 aliphatic heterocycles. The second-order valence-electron chi connectivity index (χ2n) is 16.5. The van der Waals surface area contributed by atoms with Crippen LogP contribution in [-0.4, -0.2) is 63.1 Å². The molecule has 2 aromatic carbocycles. The van der Waals surface area contributed by atoms with Crippen molar-refractivity contribution in [2.24, 2.45) is 11.1 Å². The number of carbonyl (C=O) groups is 4. The predicted molar refractivity (Wildman–Crippen MR) is 210 cm³/mol. The maximum absolute atomic E-state index is 14.4. The highest BCUT2D eigenvalue weighted by Gasteiger charge is 2.48. The second-order valence-corrected chi connectivity index (χ2v) is 16.5. The minimum Gasteiger partial charge on any atom is -0.489 e. The Morgan fingerprint density at radius 2 is 1.75 bits per heavy atom. The number of ether oxygens (including phenoxy) is 3. The summed E-state index contributed by atoms with van der Waals surface area (Å²) in [7, 11) is 0. The smallest absolute Gasteiger partial charge is 0.408 e. The third-order valence-electron chi connectivity index (χ3n) is 9.62. The Balaban J connectivity index is 1.53. The quantitative estimate of drug-likeness (QED) is 0.0843. The summed E-state index contributed by atoms with van der Waals surface area (Å²) in [6, 6.07) is 9.15. The number of esters is 1. The molecule has 0 radical (unpaired) electrons. The Hall–Kier alpha value is -5.66. The summed E-state index contributed by atoms with van der Waals surface area (Å²) < 4.78 is 19.3. The lowest BCUT2D eigenvalue weighted by atomic mass is 9.83. The van der Waals surface area contributed by atoms with Crippen molar-refractivity contribution in [1.82, 2.24) is 15.2 Å². The molecule has 5 rings (SSSR count). The van der Waals surface area contributed by atoms with Crippen LogP contribution in [0.3, 0.4) is 0 Å². The highest BCUT2D eigenvalue weighted by Crippen LogP contribution is 2.46. The van der Waals surface area contributed by atoms with Gasteiger partial charge in [-0.3, -0.25) is 14.4 Å². The average Bonchev–Trinajstić information content (AvgIpc) is 3.47. The Kier molecular flexibility index (Phi) is 11.7. The molecular weight excluding hydrogens is 720 g/mol. The number of aromatic nitrogens is 1. The van der Waals surface area contributed by atoms with Crippen LogP contribution in [0.5, 0.6) is 0 Å². The highest BCUT2D eigenvalue weighted by atomic mass is 16.6. The Bertz CT molecular complexity index is 2160. The zero-order valence-corrected chi connectivity index (χ0v) is 33.5. The standard InChI is InChI=1S/C42H52N4O10/c1-11-42(54-38(51)35(23(2)3)45-36(49)32(16-17-34(47)48)44-39(52)55-40(5,6)7)24(4)53-22-30-31(42)19-33-27-18-25-14-12-13-15-26(25)28(20-43-56-41(8,9)10)29(27)21-46(33)37(30)50/h12-15,18-20,23,32,35H,4,11,16-17,21-22H2,1-3,5-10H3,(H,44,52)(H,45,49)(H,47,48)/t32-,35?,42+/m0/s1. The SMILES string of the molecule is C=C1OCc2c(cc3n(c2=O)Cc2c-3cc3ccccc3c2C=NOC(C)(C)C)[C@]1(CC)OC(=O)C(NC(=O)[C@H](CCC(=O)O)NC(=O)OC(C)(C)C)C(C)C. The van der Waals surface area contributed by atoms with E-state index >= 15 is 0 Å². The Morgan fingerprint density at radius 3 is 2.38 bits per heavy atom. The topological polar surface area (TPSA) is 184 Å². The molecule has 0 spiro atoms. The first-order valence-electron chi connectivity index (χ1n) is 18.8. The normalized spacial score (nSPS) is 17.4. The molecule has 300 valence electrons. The number of benzene rings is 2. The summed E-state index contributed by atoms with van der Waals surface area (Å²) in [5.41, 5.74) is 0.539. The summed E-state index contributed by atoms with van der Waals surface area (Å²) in [6.45, 7) is 20.1. The molecule has 0 bridgehead atoms. The molecule has 3 N–H and O–H groups in total. The molecule has 1 unspecified atom stereocenters. The molecule has 14 nitrogen and oxygen atoms in total. The number of alkyl carbamates (subject to hydrolysis) is 1. The largest absolute Gasteiger partial charge is 0.489 e. The van der Waals surface area contributed by atoms with Crippen LogP contribution in [0.1, 0.15) is 104 Å². The van der Waals surface area contributed by atoms with Crippen molar-refractivity contribution in [2.75, 3.05) is 0 Å². The number of nitrogens with one attached hydrogen (secondary N) is 2. The number of carboxylic acid groups (broad SMARTS) is 1. The number of amides is 2. The fourth-order valence-electron chi connectivity index (χ4n) is 6.90. The minimum atomic E-state index is -1.61. The number of nitrogens with zero attached hydrogens (tertiary/aromatic N) is 2. The number of rotatable bonds is 12. The molecular formula is C42H52N4O10. The van der Waals surface area contributed by atoms with Crippen molar-refractivity contribution >= 4 is 40.9 Å². The fraction of sp³-hybridized carbons (Fsp3) is 0.476. The lowest BCUT2D eigenvalue weighted by Crippen LogP contribution is -2.55. The first kappa shape index (κ1) is 41.5. The van der Waals surface area contributed by atoms with E-state index in [1.165, 1.54) is 0 Å². The molecule has 0 saturated heterocycles. The van der Waals surface area contributed by atoms with E-state index in [-0.39, 0.29) is 37.3 Å². The Labute approximate surface area is 326 Å². The van der Waals surface area contributed by atoms with Gasteiger partial charge in [-0.1, -0.05) is 56.8 Å². The number of oxime groups is 1. The van der Waals surface area contributed by atoms with Crippen LogP contribution in [0.15, 0.2) is 58.7 Å². The fourth-order valence-corrected chi connectivity index (χ4v) is 6.90. The number of fused-ring (bicyclic) bond motifs is 5. The zero-order valence-electron chi connectivity index (χ0n) is 33.5. The van der Waals surface area contributed by atoms with E-state index in [0.29, 0.717) is 16.8 Å². The second kappa shape index (κ2) is 15.8. The van der Waals surface area contributed by atoms with Crippen molar-refractivity contribution < 1.29 is 43.3 Å². The molecule has 0 aliphatic carbocycles. The van der Waals surface area contributed by atoms with Crippen LogP contribution in [0.4, 0.5) is 4.79 Å². The van der Waals surface area contributed by atoms with Crippen LogP contribution in [-0.2, 0) is 52.2 Å². The molecule has 0 fully saturated rings. The van der Waals surface area contributed by atoms with E-state index in [0.717, 1.165) is 27.5 Å². The monoisotopic (exact) mass is 772 g/mol. The van der Waals surface area contributed by atoms with Gasteiger partial charge >= 0.3 is 18.0 Å². The number of carbonyl (C=O) groups excluding carboxylic acids is 3. The van der Waals surface area contributed by atoms with Crippen LogP contribution >= 0.6 is 0 Å². The van der Waals surface area contributed by atoms with Gasteiger partial charge in [0.05, 0.1) is 24.0 Å². The van der Waals surface area contributed by atoms with Crippen molar-refractivity contribution in [3.8, 4) is 11.3 Å². The first-order chi connectivity index (χ1) is 26.2. The van der Waals surface area contributed by atoms with Crippen LogP contribution in [0.25, 0.3) is 22.0 Å². The minimum absolute atomic E-state index is 0.0927. The average molecular weight is 773 g/mol. The molecule has 56 heavy (non-hydrogen) atoms. The van der Waals surface area contributed by atoms with Crippen molar-refractivity contribution in [2.45, 2.75) is 124 Å². The summed E-state index contributed by atoms with van der Waals surface area (Å²) in [6.07, 6.45) is 0.201. The summed E-state index contributed by atoms with van der Waals surface area (Å²) in [5.74, 6) is -3.22. The maximum Gasteiger partial charge on any atom is 0.408 e. The molecule has 3 atom stereocenters. The van der Waals surface area contributed by atoms with Crippen LogP contribution in [0.2, 0.25) is 0 Å². The third kappa shape index (κ3) is 8.74. The Morgan fingerprint density at radius 1 is 1.05 bits per heavy atom. The van der Waals surface area contributed by atoms with Gasteiger partial charge in [0.2, 0.25) is 5.91 Å². The van der Waals surface area contributed by atoms with E-state index in [1.54, 1.807) is 52.3 Å². The van der Waals surface area contributed by atoms with Crippen molar-refractivity contribution in [3.05, 3.63) is 81.3 Å². The van der Waals surface area contributed by atoms with Crippen molar-refractivity contribution in [3.63, 3.8) is 0 Å². The van der Waals surface area contributed by atoms with E-state index < -0.39 is 65.2 Å².